The summed E-state index contributed by atoms with van der Waals surface area (Å²) in [6.07, 6.45) is 0.688. The lowest BCUT2D eigenvalue weighted by molar-refractivity contribution is -0.0320. The molecule has 3 rings (SSSR count). The highest BCUT2D eigenvalue weighted by atomic mass is 19.1. The first-order chi connectivity index (χ1) is 14.2. The number of rotatable bonds is 5. The molecule has 0 aliphatic carbocycles. The Hall–Kier alpha value is -2.52. The fourth-order valence-electron chi connectivity index (χ4n) is 3.42. The van der Waals surface area contributed by atoms with Gasteiger partial charge in [-0.05, 0) is 39.7 Å². The molecule has 30 heavy (non-hydrogen) atoms. The van der Waals surface area contributed by atoms with Crippen LogP contribution in [-0.2, 0) is 9.47 Å². The van der Waals surface area contributed by atoms with E-state index >= 15 is 0 Å². The molecule has 3 heterocycles. The maximum Gasteiger partial charge on any atom is 0.407 e. The SMILES string of the molecule is COc1ccc2ncc(F)c(C(O)CC3CCC(NC(=O)OC(C)(C)C)CO3)c2n1. The average Bonchev–Trinajstić information content (AvgIpc) is 2.67. The summed E-state index contributed by atoms with van der Waals surface area (Å²) in [5, 5.41) is 13.5. The molecule has 0 radical (unpaired) electrons. The fourth-order valence-corrected chi connectivity index (χ4v) is 3.42. The lowest BCUT2D eigenvalue weighted by Gasteiger charge is -2.31. The van der Waals surface area contributed by atoms with Crippen LogP contribution in [-0.4, -0.2) is 52.6 Å². The maximum atomic E-state index is 14.5. The third-order valence-corrected chi connectivity index (χ3v) is 4.80. The number of amides is 1. The summed E-state index contributed by atoms with van der Waals surface area (Å²) in [5.74, 6) is -0.315. The second-order valence-corrected chi connectivity index (χ2v) is 8.37. The van der Waals surface area contributed by atoms with E-state index in [9.17, 15) is 14.3 Å². The van der Waals surface area contributed by atoms with Gasteiger partial charge in [-0.3, -0.25) is 4.98 Å². The molecule has 1 aliphatic rings. The molecule has 9 heteroatoms. The van der Waals surface area contributed by atoms with E-state index in [1.165, 1.54) is 7.11 Å². The van der Waals surface area contributed by atoms with Crippen LogP contribution in [0.2, 0.25) is 0 Å². The van der Waals surface area contributed by atoms with E-state index in [1.54, 1.807) is 32.9 Å². The lowest BCUT2D eigenvalue weighted by Crippen LogP contribution is -2.45. The number of halogens is 1. The number of pyridine rings is 2. The summed E-state index contributed by atoms with van der Waals surface area (Å²) in [4.78, 5) is 20.2. The Morgan fingerprint density at radius 2 is 2.17 bits per heavy atom. The number of ether oxygens (including phenoxy) is 3. The minimum absolute atomic E-state index is 0.0801. The molecule has 3 unspecified atom stereocenters. The number of aliphatic hydroxyl groups is 1. The van der Waals surface area contributed by atoms with Crippen molar-refractivity contribution in [3.8, 4) is 5.88 Å². The molecule has 164 valence electrons. The standard InChI is InChI=1S/C21H28FN3O5/c1-21(2,3)30-20(27)24-12-5-6-13(29-11-12)9-16(26)18-14(22)10-23-15-7-8-17(28-4)25-19(15)18/h7-8,10,12-13,16,26H,5-6,9,11H2,1-4H3,(H,24,27). The van der Waals surface area contributed by atoms with E-state index in [0.29, 0.717) is 30.8 Å². The third kappa shape index (κ3) is 5.54. The molecule has 1 fully saturated rings. The van der Waals surface area contributed by atoms with Crippen LogP contribution >= 0.6 is 0 Å². The van der Waals surface area contributed by atoms with Gasteiger partial charge in [-0.2, -0.15) is 0 Å². The molecule has 0 saturated carbocycles. The summed E-state index contributed by atoms with van der Waals surface area (Å²) in [7, 11) is 1.47. The number of nitrogens with one attached hydrogen (secondary N) is 1. The van der Waals surface area contributed by atoms with E-state index in [0.717, 1.165) is 6.20 Å². The highest BCUT2D eigenvalue weighted by molar-refractivity contribution is 5.78. The largest absolute Gasteiger partial charge is 0.481 e. The smallest absolute Gasteiger partial charge is 0.407 e. The summed E-state index contributed by atoms with van der Waals surface area (Å²) < 4.78 is 30.7. The van der Waals surface area contributed by atoms with Crippen molar-refractivity contribution in [2.75, 3.05) is 13.7 Å². The minimum Gasteiger partial charge on any atom is -0.481 e. The number of hydrogen-bond donors (Lipinski definition) is 2. The van der Waals surface area contributed by atoms with Gasteiger partial charge in [-0.1, -0.05) is 0 Å². The van der Waals surface area contributed by atoms with Gasteiger partial charge in [0.2, 0.25) is 5.88 Å². The summed E-state index contributed by atoms with van der Waals surface area (Å²) >= 11 is 0. The van der Waals surface area contributed by atoms with Crippen LogP contribution in [0.25, 0.3) is 11.0 Å². The minimum atomic E-state index is -1.12. The Bertz CT molecular complexity index is 894. The van der Waals surface area contributed by atoms with E-state index in [1.807, 2.05) is 0 Å². The Morgan fingerprint density at radius 3 is 2.80 bits per heavy atom. The van der Waals surface area contributed by atoms with Gasteiger partial charge < -0.3 is 24.6 Å². The van der Waals surface area contributed by atoms with E-state index in [2.05, 4.69) is 15.3 Å². The van der Waals surface area contributed by atoms with E-state index in [-0.39, 0.29) is 29.6 Å². The fraction of sp³-hybridized carbons (Fsp3) is 0.571. The quantitative estimate of drug-likeness (QED) is 0.764. The van der Waals surface area contributed by atoms with Gasteiger partial charge in [-0.25, -0.2) is 14.2 Å². The maximum absolute atomic E-state index is 14.5. The molecule has 2 aromatic heterocycles. The number of methoxy groups -OCH3 is 1. The van der Waals surface area contributed by atoms with Crippen molar-refractivity contribution < 1.29 is 28.5 Å². The monoisotopic (exact) mass is 421 g/mol. The van der Waals surface area contributed by atoms with Crippen LogP contribution in [0.4, 0.5) is 9.18 Å². The van der Waals surface area contributed by atoms with Crippen LogP contribution < -0.4 is 10.1 Å². The molecule has 3 atom stereocenters. The Labute approximate surface area is 174 Å². The van der Waals surface area contributed by atoms with Gasteiger partial charge in [0.15, 0.2) is 0 Å². The number of hydrogen-bond acceptors (Lipinski definition) is 7. The first-order valence-electron chi connectivity index (χ1n) is 9.94. The number of alkyl carbamates (subject to hydrolysis) is 1. The van der Waals surface area contributed by atoms with Crippen molar-refractivity contribution in [2.45, 2.75) is 63.9 Å². The average molecular weight is 421 g/mol. The molecule has 0 aromatic carbocycles. The first kappa shape index (κ1) is 22.2. The first-order valence-corrected chi connectivity index (χ1v) is 9.94. The Balaban J connectivity index is 1.62. The topological polar surface area (TPSA) is 103 Å². The van der Waals surface area contributed by atoms with Crippen molar-refractivity contribution in [3.05, 3.63) is 29.7 Å². The summed E-state index contributed by atoms with van der Waals surface area (Å²) in [6, 6.07) is 3.13. The zero-order valence-corrected chi connectivity index (χ0v) is 17.6. The Kier molecular flexibility index (Phi) is 6.72. The predicted octanol–water partition coefficient (Wildman–Crippen LogP) is 3.27. The van der Waals surface area contributed by atoms with Crippen molar-refractivity contribution in [2.24, 2.45) is 0 Å². The van der Waals surface area contributed by atoms with Gasteiger partial charge in [0.1, 0.15) is 16.9 Å². The Morgan fingerprint density at radius 1 is 1.40 bits per heavy atom. The van der Waals surface area contributed by atoms with Gasteiger partial charge in [0.05, 0.1) is 43.7 Å². The van der Waals surface area contributed by atoms with Crippen molar-refractivity contribution in [3.63, 3.8) is 0 Å². The predicted molar refractivity (Wildman–Crippen MR) is 108 cm³/mol. The van der Waals surface area contributed by atoms with Crippen molar-refractivity contribution in [1.29, 1.82) is 0 Å². The van der Waals surface area contributed by atoms with Gasteiger partial charge in [0.25, 0.3) is 0 Å². The highest BCUT2D eigenvalue weighted by Gasteiger charge is 2.28. The molecule has 1 saturated heterocycles. The number of fused-ring (bicyclic) bond motifs is 1. The third-order valence-electron chi connectivity index (χ3n) is 4.80. The van der Waals surface area contributed by atoms with Gasteiger partial charge in [0, 0.05) is 18.1 Å². The molecule has 0 bridgehead atoms. The lowest BCUT2D eigenvalue weighted by atomic mass is 9.96. The molecule has 1 aliphatic heterocycles. The number of carbonyl (C=O) groups excluding carboxylic acids is 1. The number of nitrogens with zero attached hydrogens (tertiary/aromatic N) is 2. The van der Waals surface area contributed by atoms with E-state index in [4.69, 9.17) is 14.2 Å². The molecular formula is C21H28FN3O5. The van der Waals surface area contributed by atoms with Crippen LogP contribution in [0.1, 0.15) is 51.7 Å². The molecule has 8 nitrogen and oxygen atoms in total. The van der Waals surface area contributed by atoms with Crippen molar-refractivity contribution in [1.82, 2.24) is 15.3 Å². The molecule has 2 N–H and O–H groups in total. The second kappa shape index (κ2) is 9.09. The molecule has 0 spiro atoms. The summed E-state index contributed by atoms with van der Waals surface area (Å²) in [5.41, 5.74) is 0.247. The van der Waals surface area contributed by atoms with Crippen LogP contribution in [0.5, 0.6) is 5.88 Å². The van der Waals surface area contributed by atoms with Gasteiger partial charge in [-0.15, -0.1) is 0 Å². The van der Waals surface area contributed by atoms with Crippen LogP contribution in [0, 0.1) is 5.82 Å². The van der Waals surface area contributed by atoms with E-state index < -0.39 is 23.6 Å². The molecular weight excluding hydrogens is 393 g/mol. The second-order valence-electron chi connectivity index (χ2n) is 8.37. The number of aliphatic hydroxyl groups excluding tert-OH is 1. The summed E-state index contributed by atoms with van der Waals surface area (Å²) in [6.45, 7) is 5.69. The molecule has 2 aromatic rings. The normalized spacial score (nSPS) is 20.6. The van der Waals surface area contributed by atoms with Gasteiger partial charge >= 0.3 is 6.09 Å². The number of carbonyl (C=O) groups is 1. The number of aromatic nitrogens is 2. The van der Waals surface area contributed by atoms with Crippen molar-refractivity contribution >= 4 is 17.1 Å². The van der Waals surface area contributed by atoms with Crippen LogP contribution in [0.3, 0.4) is 0 Å². The highest BCUT2D eigenvalue weighted by Crippen LogP contribution is 2.31. The van der Waals surface area contributed by atoms with Crippen LogP contribution in [0.15, 0.2) is 18.3 Å². The zero-order valence-electron chi connectivity index (χ0n) is 17.6. The molecule has 1 amide bonds. The zero-order chi connectivity index (χ0) is 21.9.